The summed E-state index contributed by atoms with van der Waals surface area (Å²) in [6, 6.07) is 8.93. The molecule has 116 valence electrons. The van der Waals surface area contributed by atoms with Gasteiger partial charge in [0.1, 0.15) is 0 Å². The Bertz CT molecular complexity index is 644. The molecule has 0 bridgehead atoms. The summed E-state index contributed by atoms with van der Waals surface area (Å²) < 4.78 is 1.12. The normalized spacial score (nSPS) is 21.2. The monoisotopic (exact) mass is 410 g/mol. The van der Waals surface area contributed by atoms with Crippen molar-refractivity contribution < 1.29 is 48.0 Å². The number of hydrogen-bond acceptors (Lipinski definition) is 0. The summed E-state index contributed by atoms with van der Waals surface area (Å²) in [4.78, 5) is 0. The first-order chi connectivity index (χ1) is 9.45. The molecule has 3 rings (SSSR count). The molecule has 0 aromatic heterocycles. The Hall–Kier alpha value is -0.0969. The van der Waals surface area contributed by atoms with Gasteiger partial charge in [0, 0.05) is 0 Å². The Morgan fingerprint density at radius 1 is 0.909 bits per heavy atom. The van der Waals surface area contributed by atoms with Gasteiger partial charge < -0.3 is 24.8 Å². The van der Waals surface area contributed by atoms with Crippen LogP contribution in [0.1, 0.15) is 49.4 Å². The van der Waals surface area contributed by atoms with Gasteiger partial charge in [-0.25, -0.2) is 0 Å². The second kappa shape index (κ2) is 7.20. The van der Waals surface area contributed by atoms with Crippen molar-refractivity contribution >= 4 is 6.08 Å². The fourth-order valence-electron chi connectivity index (χ4n) is 3.50. The van der Waals surface area contributed by atoms with Gasteiger partial charge in [-0.1, -0.05) is 0 Å². The van der Waals surface area contributed by atoms with Crippen LogP contribution in [-0.2, 0) is 23.2 Å². The topological polar surface area (TPSA) is 0 Å². The molecule has 1 aromatic carbocycles. The number of hydrogen-bond donors (Lipinski definition) is 0. The molecular formula is C19H22Cl2Zr. The quantitative estimate of drug-likeness (QED) is 0.627. The number of allylic oxidation sites excluding steroid dienone is 5. The zero-order chi connectivity index (χ0) is 14.5. The van der Waals surface area contributed by atoms with Crippen LogP contribution in [0.4, 0.5) is 0 Å². The first-order valence-electron chi connectivity index (χ1n) is 7.36. The van der Waals surface area contributed by atoms with Crippen molar-refractivity contribution in [1.82, 2.24) is 0 Å². The zero-order valence-electron chi connectivity index (χ0n) is 13.8. The van der Waals surface area contributed by atoms with Gasteiger partial charge in [0.2, 0.25) is 0 Å². The van der Waals surface area contributed by atoms with Crippen molar-refractivity contribution in [3.05, 3.63) is 63.8 Å². The van der Waals surface area contributed by atoms with E-state index in [1.165, 1.54) is 5.56 Å². The number of benzene rings is 1. The van der Waals surface area contributed by atoms with Crippen LogP contribution in [-0.4, -0.2) is 0 Å². The molecule has 2 aliphatic carbocycles. The van der Waals surface area contributed by atoms with E-state index in [1.54, 1.807) is 27.9 Å². The van der Waals surface area contributed by atoms with E-state index in [9.17, 15) is 0 Å². The predicted octanol–water partition coefficient (Wildman–Crippen LogP) is -0.290. The Kier molecular flexibility index (Phi) is 6.53. The van der Waals surface area contributed by atoms with E-state index in [0.717, 1.165) is 3.63 Å². The fraction of sp³-hybridized carbons (Fsp3) is 0.368. The second-order valence-corrected chi connectivity index (χ2v) is 10.9. The van der Waals surface area contributed by atoms with Gasteiger partial charge in [0.15, 0.2) is 0 Å². The summed E-state index contributed by atoms with van der Waals surface area (Å²) in [6.07, 6.45) is 4.79. The molecule has 0 spiro atoms. The molecule has 0 nitrogen and oxygen atoms in total. The third-order valence-corrected chi connectivity index (χ3v) is 10.7. The van der Waals surface area contributed by atoms with Crippen LogP contribution < -0.4 is 24.8 Å². The number of rotatable bonds is 2. The maximum Gasteiger partial charge on any atom is -1.00 e. The molecule has 0 aliphatic heterocycles. The first-order valence-corrected chi connectivity index (χ1v) is 10.0. The molecule has 0 radical (unpaired) electrons. The molecule has 0 amide bonds. The zero-order valence-corrected chi connectivity index (χ0v) is 17.8. The van der Waals surface area contributed by atoms with Gasteiger partial charge in [0.25, 0.3) is 0 Å². The minimum atomic E-state index is -0.636. The third-order valence-electron chi connectivity index (χ3n) is 5.43. The van der Waals surface area contributed by atoms with Crippen molar-refractivity contribution in [3.63, 3.8) is 0 Å². The molecule has 1 unspecified atom stereocenters. The van der Waals surface area contributed by atoms with E-state index in [2.05, 4.69) is 71.0 Å². The minimum Gasteiger partial charge on any atom is -1.00 e. The van der Waals surface area contributed by atoms with Gasteiger partial charge in [-0.3, -0.25) is 0 Å². The van der Waals surface area contributed by atoms with E-state index in [0.29, 0.717) is 3.12 Å². The van der Waals surface area contributed by atoms with Crippen molar-refractivity contribution in [2.75, 3.05) is 0 Å². The van der Waals surface area contributed by atoms with Crippen LogP contribution in [0.5, 0.6) is 0 Å². The summed E-state index contributed by atoms with van der Waals surface area (Å²) in [6.45, 7) is 11.8. The molecule has 2 aliphatic rings. The Morgan fingerprint density at radius 3 is 2.05 bits per heavy atom. The van der Waals surface area contributed by atoms with Gasteiger partial charge in [-0.15, -0.1) is 0 Å². The van der Waals surface area contributed by atoms with E-state index in [1.807, 2.05) is 0 Å². The largest absolute Gasteiger partial charge is 1.00 e. The molecule has 1 aromatic rings. The Morgan fingerprint density at radius 2 is 1.45 bits per heavy atom. The van der Waals surface area contributed by atoms with E-state index >= 15 is 0 Å². The molecule has 22 heavy (non-hydrogen) atoms. The number of fused-ring (bicyclic) bond motifs is 1. The van der Waals surface area contributed by atoms with Crippen LogP contribution in [0.25, 0.3) is 6.08 Å². The number of halogens is 2. The molecule has 0 saturated heterocycles. The van der Waals surface area contributed by atoms with Crippen LogP contribution in [0, 0.1) is 0 Å². The van der Waals surface area contributed by atoms with E-state index < -0.39 is 23.2 Å². The minimum absolute atomic E-state index is 0. The van der Waals surface area contributed by atoms with Gasteiger partial charge in [0.05, 0.1) is 0 Å². The molecular weight excluding hydrogens is 390 g/mol. The maximum absolute atomic E-state index is 2.50. The summed E-state index contributed by atoms with van der Waals surface area (Å²) >= 11 is -0.636. The maximum atomic E-state index is 2.50. The van der Waals surface area contributed by atoms with Crippen molar-refractivity contribution in [2.24, 2.45) is 0 Å². The summed E-state index contributed by atoms with van der Waals surface area (Å²) in [7, 11) is 0. The Balaban J connectivity index is 0.00000121. The standard InChI is InChI=1S/C10H15.C9H7.2ClH.Zr/c1-6-7(2)9(4)10(5)8(6)3;1-2-5-9-7-3-6-8(9)4-1;;;/h1-5H3;1-7H;2*1H;/q;;;;+2/p-2. The summed E-state index contributed by atoms with van der Waals surface area (Å²) in [5.74, 6) is 0. The average molecular weight is 413 g/mol. The van der Waals surface area contributed by atoms with Crippen LogP contribution >= 0.6 is 0 Å². The molecule has 0 fully saturated rings. The third kappa shape index (κ3) is 2.97. The molecule has 0 saturated carbocycles. The van der Waals surface area contributed by atoms with Crippen LogP contribution in [0.2, 0.25) is 3.12 Å². The van der Waals surface area contributed by atoms with Crippen LogP contribution in [0.3, 0.4) is 0 Å². The van der Waals surface area contributed by atoms with Crippen molar-refractivity contribution in [2.45, 2.75) is 41.4 Å². The Labute approximate surface area is 158 Å². The first kappa shape index (κ1) is 19.9. The fourth-order valence-corrected chi connectivity index (χ4v) is 8.51. The van der Waals surface area contributed by atoms with E-state index in [-0.39, 0.29) is 24.8 Å². The van der Waals surface area contributed by atoms with Gasteiger partial charge in [-0.2, -0.15) is 0 Å². The van der Waals surface area contributed by atoms with Crippen molar-refractivity contribution in [1.29, 1.82) is 0 Å². The molecule has 0 heterocycles. The van der Waals surface area contributed by atoms with Gasteiger partial charge in [-0.05, 0) is 0 Å². The van der Waals surface area contributed by atoms with Gasteiger partial charge >= 0.3 is 134 Å². The molecule has 3 heteroatoms. The smallest absolute Gasteiger partial charge is 1.00 e. The predicted molar refractivity (Wildman–Crippen MR) is 83.3 cm³/mol. The summed E-state index contributed by atoms with van der Waals surface area (Å²) in [5, 5.41) is 0. The SMILES string of the molecule is CC1=C(C)[C](C)([Zr+2][CH]2C=Cc3ccccc32)C(C)=C1C.[Cl-].[Cl-]. The molecule has 0 N–H and O–H groups in total. The van der Waals surface area contributed by atoms with Crippen LogP contribution in [0.15, 0.2) is 52.6 Å². The average Bonchev–Trinajstić information content (AvgIpc) is 2.92. The van der Waals surface area contributed by atoms with E-state index in [4.69, 9.17) is 0 Å². The second-order valence-electron chi connectivity index (χ2n) is 6.24. The summed E-state index contributed by atoms with van der Waals surface area (Å²) in [5.41, 5.74) is 9.37. The van der Waals surface area contributed by atoms with Crippen molar-refractivity contribution in [3.8, 4) is 0 Å². The molecule has 1 atom stereocenters.